The molecule has 5 heteroatoms. The predicted molar refractivity (Wildman–Crippen MR) is 82.8 cm³/mol. The van der Waals surface area contributed by atoms with Gasteiger partial charge in [-0.1, -0.05) is 18.6 Å². The molecule has 1 saturated carbocycles. The molecule has 1 aromatic carbocycles. The molecule has 1 fully saturated rings. The Kier molecular flexibility index (Phi) is 4.95. The van der Waals surface area contributed by atoms with Crippen molar-refractivity contribution in [3.05, 3.63) is 29.8 Å². The van der Waals surface area contributed by atoms with Gasteiger partial charge in [-0.15, -0.1) is 0 Å². The minimum atomic E-state index is 0.00956. The zero-order valence-electron chi connectivity index (χ0n) is 11.7. The number of nitrogens with zero attached hydrogens (tertiary/aromatic N) is 1. The zero-order chi connectivity index (χ0) is 14.5. The minimum absolute atomic E-state index is 0.00956. The molecule has 0 heterocycles. The first-order valence-corrected chi connectivity index (χ1v) is 7.23. The Morgan fingerprint density at radius 1 is 1.40 bits per heavy atom. The highest BCUT2D eigenvalue weighted by molar-refractivity contribution is 7.80. The standard InChI is InChI=1S/C15H20N2O2S/c1-17(9-11-3-2-4-11)14(18)10-19-13-7-5-12(6-8-13)15(16)20/h5-8,11H,2-4,9-10H2,1H3,(H2,16,20). The second-order valence-electron chi connectivity index (χ2n) is 5.25. The molecule has 4 nitrogen and oxygen atoms in total. The van der Waals surface area contributed by atoms with Gasteiger partial charge in [-0.25, -0.2) is 0 Å². The molecule has 2 N–H and O–H groups in total. The van der Waals surface area contributed by atoms with Crippen LogP contribution in [-0.4, -0.2) is 36.0 Å². The molecule has 1 amide bonds. The third-order valence-electron chi connectivity index (χ3n) is 3.68. The molecule has 0 bridgehead atoms. The van der Waals surface area contributed by atoms with Crippen LogP contribution < -0.4 is 10.5 Å². The summed E-state index contributed by atoms with van der Waals surface area (Å²) in [6.45, 7) is 0.901. The number of thiocarbonyl (C=S) groups is 1. The van der Waals surface area contributed by atoms with Gasteiger partial charge in [0.25, 0.3) is 5.91 Å². The molecule has 0 spiro atoms. The summed E-state index contributed by atoms with van der Waals surface area (Å²) in [6, 6.07) is 7.13. The van der Waals surface area contributed by atoms with Gasteiger partial charge >= 0.3 is 0 Å². The van der Waals surface area contributed by atoms with E-state index in [0.717, 1.165) is 12.1 Å². The van der Waals surface area contributed by atoms with E-state index >= 15 is 0 Å². The summed E-state index contributed by atoms with van der Waals surface area (Å²) >= 11 is 4.88. The van der Waals surface area contributed by atoms with E-state index in [-0.39, 0.29) is 12.5 Å². The summed E-state index contributed by atoms with van der Waals surface area (Å²) in [5.74, 6) is 1.33. The van der Waals surface area contributed by atoms with Crippen LogP contribution in [0.2, 0.25) is 0 Å². The minimum Gasteiger partial charge on any atom is -0.484 e. The normalized spacial score (nSPS) is 14.4. The Morgan fingerprint density at radius 3 is 2.55 bits per heavy atom. The fourth-order valence-electron chi connectivity index (χ4n) is 2.14. The van der Waals surface area contributed by atoms with Gasteiger partial charge in [0.15, 0.2) is 6.61 Å². The molecule has 0 aliphatic heterocycles. The summed E-state index contributed by atoms with van der Waals surface area (Å²) < 4.78 is 5.48. The van der Waals surface area contributed by atoms with Crippen LogP contribution in [0, 0.1) is 5.92 Å². The van der Waals surface area contributed by atoms with Crippen molar-refractivity contribution in [2.75, 3.05) is 20.2 Å². The van der Waals surface area contributed by atoms with Gasteiger partial charge in [0, 0.05) is 19.2 Å². The molecule has 1 aromatic rings. The van der Waals surface area contributed by atoms with E-state index in [1.807, 2.05) is 7.05 Å². The molecule has 1 aliphatic rings. The Bertz CT molecular complexity index is 483. The molecule has 20 heavy (non-hydrogen) atoms. The third-order valence-corrected chi connectivity index (χ3v) is 3.92. The van der Waals surface area contributed by atoms with E-state index in [2.05, 4.69) is 0 Å². The maximum atomic E-state index is 11.9. The van der Waals surface area contributed by atoms with Crippen molar-refractivity contribution in [3.8, 4) is 5.75 Å². The first kappa shape index (κ1) is 14.8. The lowest BCUT2D eigenvalue weighted by molar-refractivity contribution is -0.133. The first-order valence-electron chi connectivity index (χ1n) is 6.83. The molecule has 0 saturated heterocycles. The molecular formula is C15H20N2O2S. The van der Waals surface area contributed by atoms with Gasteiger partial charge in [0.1, 0.15) is 10.7 Å². The number of ether oxygens (including phenoxy) is 1. The topological polar surface area (TPSA) is 55.6 Å². The van der Waals surface area contributed by atoms with Crippen LogP contribution in [0.5, 0.6) is 5.75 Å². The molecule has 0 unspecified atom stereocenters. The number of hydrogen-bond donors (Lipinski definition) is 1. The van der Waals surface area contributed by atoms with E-state index in [4.69, 9.17) is 22.7 Å². The number of nitrogens with two attached hydrogens (primary N) is 1. The average molecular weight is 292 g/mol. The van der Waals surface area contributed by atoms with Gasteiger partial charge in [-0.05, 0) is 43.0 Å². The van der Waals surface area contributed by atoms with Gasteiger partial charge in [0.2, 0.25) is 0 Å². The lowest BCUT2D eigenvalue weighted by Gasteiger charge is -2.30. The van der Waals surface area contributed by atoms with Gasteiger partial charge < -0.3 is 15.4 Å². The monoisotopic (exact) mass is 292 g/mol. The van der Waals surface area contributed by atoms with Crippen molar-refractivity contribution >= 4 is 23.1 Å². The molecule has 0 aromatic heterocycles. The van der Waals surface area contributed by atoms with Crippen LogP contribution in [0.25, 0.3) is 0 Å². The van der Waals surface area contributed by atoms with Crippen molar-refractivity contribution < 1.29 is 9.53 Å². The van der Waals surface area contributed by atoms with Gasteiger partial charge in [-0.2, -0.15) is 0 Å². The molecule has 1 aliphatic carbocycles. The summed E-state index contributed by atoms with van der Waals surface area (Å²) in [5.41, 5.74) is 6.31. The fourth-order valence-corrected chi connectivity index (χ4v) is 2.27. The summed E-state index contributed by atoms with van der Waals surface area (Å²) in [5, 5.41) is 0. The quantitative estimate of drug-likeness (QED) is 0.814. The summed E-state index contributed by atoms with van der Waals surface area (Å²) in [6.07, 6.45) is 3.76. The zero-order valence-corrected chi connectivity index (χ0v) is 12.5. The number of carbonyl (C=O) groups is 1. The smallest absolute Gasteiger partial charge is 0.260 e. The van der Waals surface area contributed by atoms with Gasteiger partial charge in [0.05, 0.1) is 0 Å². The third kappa shape index (κ3) is 3.93. The summed E-state index contributed by atoms with van der Waals surface area (Å²) in [4.78, 5) is 14.0. The Morgan fingerprint density at radius 2 is 2.05 bits per heavy atom. The number of benzene rings is 1. The Balaban J connectivity index is 1.78. The molecule has 0 radical (unpaired) electrons. The lowest BCUT2D eigenvalue weighted by atomic mass is 9.85. The number of likely N-dealkylation sites (N-methyl/N-ethyl adjacent to an activating group) is 1. The highest BCUT2D eigenvalue weighted by Gasteiger charge is 2.21. The molecular weight excluding hydrogens is 272 g/mol. The average Bonchev–Trinajstić information content (AvgIpc) is 2.40. The van der Waals surface area contributed by atoms with Crippen molar-refractivity contribution in [2.24, 2.45) is 11.7 Å². The number of carbonyl (C=O) groups excluding carboxylic acids is 1. The number of hydrogen-bond acceptors (Lipinski definition) is 3. The first-order chi connectivity index (χ1) is 9.56. The Hall–Kier alpha value is -1.62. The maximum absolute atomic E-state index is 11.9. The van der Waals surface area contributed by atoms with Crippen LogP contribution in [0.3, 0.4) is 0 Å². The molecule has 2 rings (SSSR count). The van der Waals surface area contributed by atoms with E-state index in [9.17, 15) is 4.79 Å². The van der Waals surface area contributed by atoms with Crippen LogP contribution in [-0.2, 0) is 4.79 Å². The van der Waals surface area contributed by atoms with Crippen LogP contribution in [0.1, 0.15) is 24.8 Å². The second-order valence-corrected chi connectivity index (χ2v) is 5.69. The van der Waals surface area contributed by atoms with E-state index in [0.29, 0.717) is 16.7 Å². The number of amides is 1. The second kappa shape index (κ2) is 6.70. The predicted octanol–water partition coefficient (Wildman–Crippen LogP) is 1.96. The highest BCUT2D eigenvalue weighted by Crippen LogP contribution is 2.26. The van der Waals surface area contributed by atoms with Crippen molar-refractivity contribution in [2.45, 2.75) is 19.3 Å². The van der Waals surface area contributed by atoms with Crippen LogP contribution in [0.4, 0.5) is 0 Å². The number of rotatable bonds is 6. The SMILES string of the molecule is CN(CC1CCC1)C(=O)COc1ccc(C(N)=S)cc1. The lowest BCUT2D eigenvalue weighted by Crippen LogP contribution is -2.37. The molecule has 0 atom stereocenters. The van der Waals surface area contributed by atoms with E-state index in [1.54, 1.807) is 29.2 Å². The highest BCUT2D eigenvalue weighted by atomic mass is 32.1. The van der Waals surface area contributed by atoms with Gasteiger partial charge in [-0.3, -0.25) is 4.79 Å². The largest absolute Gasteiger partial charge is 0.484 e. The van der Waals surface area contributed by atoms with Crippen molar-refractivity contribution in [1.29, 1.82) is 0 Å². The fraction of sp³-hybridized carbons (Fsp3) is 0.467. The summed E-state index contributed by atoms with van der Waals surface area (Å²) in [7, 11) is 1.83. The van der Waals surface area contributed by atoms with E-state index < -0.39 is 0 Å². The van der Waals surface area contributed by atoms with Crippen LogP contribution in [0.15, 0.2) is 24.3 Å². The van der Waals surface area contributed by atoms with Crippen molar-refractivity contribution in [1.82, 2.24) is 4.90 Å². The molecule has 108 valence electrons. The van der Waals surface area contributed by atoms with E-state index in [1.165, 1.54) is 19.3 Å². The maximum Gasteiger partial charge on any atom is 0.260 e. The Labute approximate surface area is 124 Å². The van der Waals surface area contributed by atoms with Crippen molar-refractivity contribution in [3.63, 3.8) is 0 Å². The van der Waals surface area contributed by atoms with Crippen LogP contribution >= 0.6 is 12.2 Å².